The van der Waals surface area contributed by atoms with Crippen molar-refractivity contribution in [3.8, 4) is 0 Å². The van der Waals surface area contributed by atoms with Crippen molar-refractivity contribution < 1.29 is 5.11 Å². The molecule has 0 amide bonds. The molecule has 14 heavy (non-hydrogen) atoms. The number of anilines is 2. The van der Waals surface area contributed by atoms with Crippen molar-refractivity contribution in [1.29, 1.82) is 0 Å². The number of aliphatic hydroxyl groups excluding tert-OH is 1. The lowest BCUT2D eigenvalue weighted by atomic mass is 10.3. The molecule has 0 aromatic carbocycles. The molecule has 0 aliphatic rings. The molecule has 1 atom stereocenters. The van der Waals surface area contributed by atoms with Gasteiger partial charge >= 0.3 is 0 Å². The van der Waals surface area contributed by atoms with Gasteiger partial charge in [0.25, 0.3) is 0 Å². The van der Waals surface area contributed by atoms with Crippen LogP contribution in [0.4, 0.5) is 11.6 Å². The molecule has 78 valence electrons. The third-order valence-corrected chi connectivity index (χ3v) is 2.13. The molecule has 0 aliphatic heterocycles. The maximum atomic E-state index is 8.99. The van der Waals surface area contributed by atoms with Crippen LogP contribution in [0.5, 0.6) is 0 Å². The first-order valence-electron chi connectivity index (χ1n) is 4.49. The van der Waals surface area contributed by atoms with Gasteiger partial charge in [0.05, 0.1) is 12.6 Å². The van der Waals surface area contributed by atoms with Gasteiger partial charge in [0, 0.05) is 13.1 Å². The van der Waals surface area contributed by atoms with Crippen molar-refractivity contribution in [3.63, 3.8) is 0 Å². The van der Waals surface area contributed by atoms with Crippen molar-refractivity contribution in [1.82, 2.24) is 9.97 Å². The summed E-state index contributed by atoms with van der Waals surface area (Å²) in [6.07, 6.45) is 0. The Kier molecular flexibility index (Phi) is 3.24. The molecule has 1 rings (SSSR count). The van der Waals surface area contributed by atoms with Gasteiger partial charge < -0.3 is 15.7 Å². The quantitative estimate of drug-likeness (QED) is 0.721. The zero-order chi connectivity index (χ0) is 10.7. The van der Waals surface area contributed by atoms with Crippen LogP contribution in [-0.2, 0) is 0 Å². The summed E-state index contributed by atoms with van der Waals surface area (Å²) in [5.41, 5.74) is 5.60. The van der Waals surface area contributed by atoms with Gasteiger partial charge in [0.2, 0.25) is 0 Å². The molecule has 1 unspecified atom stereocenters. The molecule has 0 saturated carbocycles. The van der Waals surface area contributed by atoms with E-state index in [4.69, 9.17) is 10.8 Å². The van der Waals surface area contributed by atoms with Crippen LogP contribution in [0.2, 0.25) is 0 Å². The van der Waals surface area contributed by atoms with Crippen molar-refractivity contribution in [2.45, 2.75) is 19.9 Å². The minimum absolute atomic E-state index is 0.0173. The number of aryl methyl sites for hydroxylation is 1. The first-order valence-corrected chi connectivity index (χ1v) is 4.49. The van der Waals surface area contributed by atoms with E-state index >= 15 is 0 Å². The van der Waals surface area contributed by atoms with Crippen LogP contribution < -0.4 is 10.6 Å². The lowest BCUT2D eigenvalue weighted by Crippen LogP contribution is -2.32. The highest BCUT2D eigenvalue weighted by atomic mass is 16.3. The second kappa shape index (κ2) is 4.23. The van der Waals surface area contributed by atoms with Gasteiger partial charge in [-0.2, -0.15) is 0 Å². The fourth-order valence-corrected chi connectivity index (χ4v) is 1.10. The SMILES string of the molecule is Cc1nc(N)cc(N(C)C(C)CO)n1. The highest BCUT2D eigenvalue weighted by Crippen LogP contribution is 2.14. The van der Waals surface area contributed by atoms with Gasteiger partial charge in [-0.1, -0.05) is 0 Å². The average molecular weight is 196 g/mol. The monoisotopic (exact) mass is 196 g/mol. The van der Waals surface area contributed by atoms with Crippen LogP contribution in [0.3, 0.4) is 0 Å². The Balaban J connectivity index is 2.94. The van der Waals surface area contributed by atoms with Gasteiger partial charge in [0.1, 0.15) is 17.5 Å². The molecule has 1 aromatic heterocycles. The number of nitrogens with two attached hydrogens (primary N) is 1. The van der Waals surface area contributed by atoms with E-state index in [-0.39, 0.29) is 12.6 Å². The molecule has 1 heterocycles. The maximum absolute atomic E-state index is 8.99. The third kappa shape index (κ3) is 2.32. The maximum Gasteiger partial charge on any atom is 0.134 e. The summed E-state index contributed by atoms with van der Waals surface area (Å²) < 4.78 is 0. The van der Waals surface area contributed by atoms with E-state index in [1.165, 1.54) is 0 Å². The van der Waals surface area contributed by atoms with Crippen molar-refractivity contribution >= 4 is 11.6 Å². The van der Waals surface area contributed by atoms with E-state index in [2.05, 4.69) is 9.97 Å². The number of rotatable bonds is 3. The number of aromatic nitrogens is 2. The number of aliphatic hydroxyl groups is 1. The second-order valence-corrected chi connectivity index (χ2v) is 3.34. The number of likely N-dealkylation sites (N-methyl/N-ethyl adjacent to an activating group) is 1. The predicted molar refractivity (Wildman–Crippen MR) is 56.1 cm³/mol. The van der Waals surface area contributed by atoms with Gasteiger partial charge in [0.15, 0.2) is 0 Å². The zero-order valence-corrected chi connectivity index (χ0v) is 8.73. The average Bonchev–Trinajstić information content (AvgIpc) is 2.14. The second-order valence-electron chi connectivity index (χ2n) is 3.34. The van der Waals surface area contributed by atoms with Crippen molar-refractivity contribution in [2.75, 3.05) is 24.3 Å². The summed E-state index contributed by atoms with van der Waals surface area (Å²) in [5.74, 6) is 1.82. The molecule has 1 aromatic rings. The van der Waals surface area contributed by atoms with Crippen LogP contribution in [0.25, 0.3) is 0 Å². The van der Waals surface area contributed by atoms with Crippen LogP contribution in [0, 0.1) is 6.92 Å². The smallest absolute Gasteiger partial charge is 0.134 e. The fraction of sp³-hybridized carbons (Fsp3) is 0.556. The Morgan fingerprint density at radius 3 is 2.71 bits per heavy atom. The number of hydrogen-bond acceptors (Lipinski definition) is 5. The molecule has 0 spiro atoms. The Bertz CT molecular complexity index is 295. The van der Waals surface area contributed by atoms with Crippen LogP contribution in [-0.4, -0.2) is 34.8 Å². The Morgan fingerprint density at radius 2 is 2.21 bits per heavy atom. The Morgan fingerprint density at radius 1 is 1.57 bits per heavy atom. The minimum Gasteiger partial charge on any atom is -0.394 e. The summed E-state index contributed by atoms with van der Waals surface area (Å²) in [7, 11) is 1.86. The number of nitrogens with zero attached hydrogens (tertiary/aromatic N) is 3. The van der Waals surface area contributed by atoms with E-state index < -0.39 is 0 Å². The molecule has 5 nitrogen and oxygen atoms in total. The van der Waals surface area contributed by atoms with Crippen LogP contribution in [0.15, 0.2) is 6.07 Å². The number of nitrogen functional groups attached to an aromatic ring is 1. The van der Waals surface area contributed by atoms with Gasteiger partial charge in [-0.15, -0.1) is 0 Å². The first kappa shape index (κ1) is 10.7. The molecule has 3 N–H and O–H groups in total. The topological polar surface area (TPSA) is 75.3 Å². The fourth-order valence-electron chi connectivity index (χ4n) is 1.10. The standard InChI is InChI=1S/C9H16N4O/c1-6(5-14)13(3)9-4-8(10)11-7(2)12-9/h4,6,14H,5H2,1-3H3,(H2,10,11,12). The summed E-state index contributed by atoms with van der Waals surface area (Å²) >= 11 is 0. The molecule has 0 radical (unpaired) electrons. The lowest BCUT2D eigenvalue weighted by Gasteiger charge is -2.24. The molecule has 0 aliphatic carbocycles. The molecule has 0 bridgehead atoms. The van der Waals surface area contributed by atoms with Crippen molar-refractivity contribution in [2.24, 2.45) is 0 Å². The Labute approximate surface area is 83.6 Å². The van der Waals surface area contributed by atoms with E-state index in [9.17, 15) is 0 Å². The Hall–Kier alpha value is -1.36. The summed E-state index contributed by atoms with van der Waals surface area (Å²) in [6.45, 7) is 3.78. The lowest BCUT2D eigenvalue weighted by molar-refractivity contribution is 0.269. The zero-order valence-electron chi connectivity index (χ0n) is 8.73. The van der Waals surface area contributed by atoms with Crippen LogP contribution >= 0.6 is 0 Å². The van der Waals surface area contributed by atoms with E-state index in [0.29, 0.717) is 11.6 Å². The van der Waals surface area contributed by atoms with E-state index in [1.54, 1.807) is 13.0 Å². The molecular weight excluding hydrogens is 180 g/mol. The highest BCUT2D eigenvalue weighted by Gasteiger charge is 2.10. The largest absolute Gasteiger partial charge is 0.394 e. The van der Waals surface area contributed by atoms with Crippen LogP contribution in [0.1, 0.15) is 12.7 Å². The first-order chi connectivity index (χ1) is 6.54. The molecule has 5 heteroatoms. The van der Waals surface area contributed by atoms with Crippen molar-refractivity contribution in [3.05, 3.63) is 11.9 Å². The number of hydrogen-bond donors (Lipinski definition) is 2. The molecule has 0 saturated heterocycles. The van der Waals surface area contributed by atoms with Gasteiger partial charge in [-0.05, 0) is 13.8 Å². The summed E-state index contributed by atoms with van der Waals surface area (Å²) in [5, 5.41) is 8.99. The molecular formula is C9H16N4O. The van der Waals surface area contributed by atoms with Gasteiger partial charge in [-0.3, -0.25) is 0 Å². The van der Waals surface area contributed by atoms with E-state index in [1.807, 2.05) is 18.9 Å². The summed E-state index contributed by atoms with van der Waals surface area (Å²) in [4.78, 5) is 10.1. The highest BCUT2D eigenvalue weighted by molar-refractivity contribution is 5.46. The van der Waals surface area contributed by atoms with E-state index in [0.717, 1.165) is 5.82 Å². The summed E-state index contributed by atoms with van der Waals surface area (Å²) in [6, 6.07) is 1.71. The predicted octanol–water partition coefficient (Wildman–Crippen LogP) is 0.184. The normalized spacial score (nSPS) is 12.6. The van der Waals surface area contributed by atoms with Gasteiger partial charge in [-0.25, -0.2) is 9.97 Å². The third-order valence-electron chi connectivity index (χ3n) is 2.13. The minimum atomic E-state index is 0.0173. The molecule has 0 fully saturated rings.